The molecule has 6 nitrogen and oxygen atoms in total. The van der Waals surface area contributed by atoms with Gasteiger partial charge in [-0.25, -0.2) is 4.79 Å². The van der Waals surface area contributed by atoms with Crippen molar-refractivity contribution < 1.29 is 18.7 Å². The number of anilines is 2. The Hall–Kier alpha value is -3.02. The van der Waals surface area contributed by atoms with E-state index in [0.717, 1.165) is 0 Å². The van der Waals surface area contributed by atoms with Crippen molar-refractivity contribution >= 4 is 29.5 Å². The molecule has 0 atom stereocenters. The molecule has 0 aliphatic heterocycles. The number of amides is 2. The molecular weight excluding hydrogens is 308 g/mol. The van der Waals surface area contributed by atoms with Crippen LogP contribution in [0.1, 0.15) is 26.5 Å². The van der Waals surface area contributed by atoms with E-state index in [2.05, 4.69) is 10.6 Å². The average molecular weight is 328 g/mol. The summed E-state index contributed by atoms with van der Waals surface area (Å²) in [6.07, 6.45) is 3.97. The number of ether oxygens (including phenoxy) is 1. The van der Waals surface area contributed by atoms with Crippen LogP contribution in [0, 0.1) is 0 Å². The smallest absolute Gasteiger partial charge is 0.412 e. The van der Waals surface area contributed by atoms with E-state index in [0.29, 0.717) is 17.1 Å². The molecule has 0 bridgehead atoms. The lowest BCUT2D eigenvalue weighted by atomic mass is 10.2. The number of hydrogen-bond donors (Lipinski definition) is 2. The van der Waals surface area contributed by atoms with E-state index in [1.807, 2.05) is 0 Å². The summed E-state index contributed by atoms with van der Waals surface area (Å²) in [5, 5.41) is 5.33. The van der Waals surface area contributed by atoms with Crippen molar-refractivity contribution in [2.75, 3.05) is 10.6 Å². The monoisotopic (exact) mass is 328 g/mol. The van der Waals surface area contributed by atoms with Crippen LogP contribution >= 0.6 is 0 Å². The minimum absolute atomic E-state index is 0.278. The topological polar surface area (TPSA) is 80.6 Å². The fourth-order valence-corrected chi connectivity index (χ4v) is 1.79. The van der Waals surface area contributed by atoms with Gasteiger partial charge in [0.05, 0.1) is 6.26 Å². The second kappa shape index (κ2) is 7.50. The zero-order valence-corrected chi connectivity index (χ0v) is 13.8. The van der Waals surface area contributed by atoms with Crippen LogP contribution in [-0.2, 0) is 9.53 Å². The maximum absolute atomic E-state index is 11.8. The Morgan fingerprint density at radius 2 is 1.67 bits per heavy atom. The molecule has 0 radical (unpaired) electrons. The Kier molecular flexibility index (Phi) is 5.42. The first-order valence-corrected chi connectivity index (χ1v) is 7.44. The Bertz CT molecular complexity index is 710. The average Bonchev–Trinajstić information content (AvgIpc) is 2.98. The predicted molar refractivity (Wildman–Crippen MR) is 92.7 cm³/mol. The van der Waals surface area contributed by atoms with Gasteiger partial charge in [-0.3, -0.25) is 10.1 Å². The highest BCUT2D eigenvalue weighted by molar-refractivity contribution is 6.01. The van der Waals surface area contributed by atoms with Gasteiger partial charge in [0.25, 0.3) is 0 Å². The molecule has 0 spiro atoms. The Labute approximate surface area is 140 Å². The predicted octanol–water partition coefficient (Wildman–Crippen LogP) is 4.28. The van der Waals surface area contributed by atoms with Crippen molar-refractivity contribution in [3.63, 3.8) is 0 Å². The van der Waals surface area contributed by atoms with Crippen LogP contribution in [0.3, 0.4) is 0 Å². The number of nitrogens with one attached hydrogen (secondary N) is 2. The first kappa shape index (κ1) is 17.3. The third-order valence-corrected chi connectivity index (χ3v) is 2.74. The maximum atomic E-state index is 11.8. The highest BCUT2D eigenvalue weighted by Gasteiger charge is 2.16. The normalized spacial score (nSPS) is 11.3. The molecule has 0 fully saturated rings. The molecule has 2 rings (SSSR count). The molecule has 0 aliphatic carbocycles. The molecule has 1 aromatic heterocycles. The third-order valence-electron chi connectivity index (χ3n) is 2.74. The number of hydrogen-bond acceptors (Lipinski definition) is 4. The minimum atomic E-state index is -0.557. The maximum Gasteiger partial charge on any atom is 0.412 e. The molecule has 0 saturated heterocycles. The fraction of sp³-hybridized carbons (Fsp3) is 0.222. The van der Waals surface area contributed by atoms with Gasteiger partial charge in [-0.05, 0) is 63.2 Å². The minimum Gasteiger partial charge on any atom is -0.465 e. The molecular formula is C18H20N2O4. The van der Waals surface area contributed by atoms with Crippen molar-refractivity contribution in [3.05, 3.63) is 54.5 Å². The second-order valence-electron chi connectivity index (χ2n) is 6.04. The van der Waals surface area contributed by atoms with E-state index in [1.54, 1.807) is 63.2 Å². The van der Waals surface area contributed by atoms with E-state index in [9.17, 15) is 9.59 Å². The van der Waals surface area contributed by atoms with E-state index in [4.69, 9.17) is 9.15 Å². The lowest BCUT2D eigenvalue weighted by Crippen LogP contribution is -2.27. The standard InChI is InChI=1S/C18H20N2O4/c1-18(2,3)24-17(22)20-14-8-6-13(7-9-14)19-16(21)11-10-15-5-4-12-23-15/h4-12H,1-3H3,(H,19,21)(H,20,22). The molecule has 2 N–H and O–H groups in total. The van der Waals surface area contributed by atoms with Gasteiger partial charge in [0, 0.05) is 17.5 Å². The Morgan fingerprint density at radius 3 is 2.21 bits per heavy atom. The van der Waals surface area contributed by atoms with Crippen LogP contribution in [0.5, 0.6) is 0 Å². The molecule has 6 heteroatoms. The summed E-state index contributed by atoms with van der Waals surface area (Å²) in [5.74, 6) is 0.321. The number of furan rings is 1. The largest absolute Gasteiger partial charge is 0.465 e. The molecule has 0 unspecified atom stereocenters. The van der Waals surface area contributed by atoms with Gasteiger partial charge in [0.1, 0.15) is 11.4 Å². The van der Waals surface area contributed by atoms with Gasteiger partial charge in [0.15, 0.2) is 0 Å². The molecule has 0 aliphatic rings. The van der Waals surface area contributed by atoms with Crippen LogP contribution in [0.15, 0.2) is 53.2 Å². The molecule has 24 heavy (non-hydrogen) atoms. The molecule has 1 aromatic carbocycles. The molecule has 1 heterocycles. The van der Waals surface area contributed by atoms with Gasteiger partial charge < -0.3 is 14.5 Å². The number of rotatable bonds is 4. The number of carbonyl (C=O) groups excluding carboxylic acids is 2. The van der Waals surface area contributed by atoms with Gasteiger partial charge >= 0.3 is 6.09 Å². The van der Waals surface area contributed by atoms with Gasteiger partial charge in [-0.15, -0.1) is 0 Å². The van der Waals surface area contributed by atoms with E-state index in [-0.39, 0.29) is 5.91 Å². The highest BCUT2D eigenvalue weighted by atomic mass is 16.6. The van der Waals surface area contributed by atoms with Crippen molar-refractivity contribution in [2.24, 2.45) is 0 Å². The van der Waals surface area contributed by atoms with Gasteiger partial charge in [-0.1, -0.05) is 0 Å². The summed E-state index contributed by atoms with van der Waals surface area (Å²) in [6.45, 7) is 5.38. The lowest BCUT2D eigenvalue weighted by molar-refractivity contribution is -0.111. The summed E-state index contributed by atoms with van der Waals surface area (Å²) in [7, 11) is 0. The summed E-state index contributed by atoms with van der Waals surface area (Å²) in [5.41, 5.74) is 0.630. The van der Waals surface area contributed by atoms with Gasteiger partial charge in [-0.2, -0.15) is 0 Å². The van der Waals surface area contributed by atoms with Crippen LogP contribution in [0.2, 0.25) is 0 Å². The molecule has 0 saturated carbocycles. The number of carbonyl (C=O) groups is 2. The van der Waals surface area contributed by atoms with Crippen LogP contribution in [-0.4, -0.2) is 17.6 Å². The Balaban J connectivity index is 1.87. The SMILES string of the molecule is CC(C)(C)OC(=O)Nc1ccc(NC(=O)C=Cc2ccco2)cc1. The van der Waals surface area contributed by atoms with E-state index in [1.165, 1.54) is 12.3 Å². The lowest BCUT2D eigenvalue weighted by Gasteiger charge is -2.19. The van der Waals surface area contributed by atoms with E-state index >= 15 is 0 Å². The zero-order valence-electron chi connectivity index (χ0n) is 13.8. The summed E-state index contributed by atoms with van der Waals surface area (Å²) >= 11 is 0. The highest BCUT2D eigenvalue weighted by Crippen LogP contribution is 2.15. The third kappa shape index (κ3) is 6.00. The summed E-state index contributed by atoms with van der Waals surface area (Å²) in [6, 6.07) is 10.2. The first-order valence-electron chi connectivity index (χ1n) is 7.44. The molecule has 2 aromatic rings. The Morgan fingerprint density at radius 1 is 1.04 bits per heavy atom. The van der Waals surface area contributed by atoms with Gasteiger partial charge in [0.2, 0.25) is 5.91 Å². The fourth-order valence-electron chi connectivity index (χ4n) is 1.79. The van der Waals surface area contributed by atoms with Crippen molar-refractivity contribution in [3.8, 4) is 0 Å². The number of benzene rings is 1. The van der Waals surface area contributed by atoms with Crippen molar-refractivity contribution in [1.29, 1.82) is 0 Å². The van der Waals surface area contributed by atoms with E-state index < -0.39 is 11.7 Å². The first-order chi connectivity index (χ1) is 11.3. The van der Waals surface area contributed by atoms with Crippen LogP contribution < -0.4 is 10.6 Å². The molecule has 2 amide bonds. The zero-order chi connectivity index (χ0) is 17.6. The second-order valence-corrected chi connectivity index (χ2v) is 6.04. The van der Waals surface area contributed by atoms with Crippen LogP contribution in [0.4, 0.5) is 16.2 Å². The van der Waals surface area contributed by atoms with Crippen molar-refractivity contribution in [2.45, 2.75) is 26.4 Å². The quantitative estimate of drug-likeness (QED) is 0.821. The van der Waals surface area contributed by atoms with Crippen LogP contribution in [0.25, 0.3) is 6.08 Å². The summed E-state index contributed by atoms with van der Waals surface area (Å²) in [4.78, 5) is 23.5. The summed E-state index contributed by atoms with van der Waals surface area (Å²) < 4.78 is 10.3. The molecule has 126 valence electrons. The van der Waals surface area contributed by atoms with Crippen molar-refractivity contribution in [1.82, 2.24) is 0 Å².